The van der Waals surface area contributed by atoms with Crippen molar-refractivity contribution in [1.82, 2.24) is 0 Å². The lowest BCUT2D eigenvalue weighted by atomic mass is 10.1. The number of hydrogen-bond donors (Lipinski definition) is 0. The van der Waals surface area contributed by atoms with Gasteiger partial charge in [-0.3, -0.25) is 0 Å². The lowest BCUT2D eigenvalue weighted by Gasteiger charge is -1.96. The van der Waals surface area contributed by atoms with E-state index in [2.05, 4.69) is 6.58 Å². The van der Waals surface area contributed by atoms with E-state index in [0.29, 0.717) is 11.1 Å². The zero-order chi connectivity index (χ0) is 10.7. The molecule has 0 aliphatic carbocycles. The minimum absolute atomic E-state index is 0.309. The maximum absolute atomic E-state index is 11.5. The maximum atomic E-state index is 11.5. The van der Waals surface area contributed by atoms with Gasteiger partial charge in [0.25, 0.3) is 0 Å². The molecule has 15 heavy (non-hydrogen) atoms. The van der Waals surface area contributed by atoms with Gasteiger partial charge in [0.1, 0.15) is 5.76 Å². The van der Waals surface area contributed by atoms with E-state index in [9.17, 15) is 4.79 Å². The van der Waals surface area contributed by atoms with Crippen LogP contribution >= 0.6 is 0 Å². The van der Waals surface area contributed by atoms with E-state index in [1.807, 2.05) is 24.3 Å². The van der Waals surface area contributed by atoms with Crippen LogP contribution in [0.5, 0.6) is 0 Å². The third-order valence-electron chi connectivity index (χ3n) is 2.09. The molecule has 2 heteroatoms. The maximum Gasteiger partial charge on any atom is 0.344 e. The second kappa shape index (κ2) is 3.96. The van der Waals surface area contributed by atoms with Crippen LogP contribution in [0.2, 0.25) is 0 Å². The highest BCUT2D eigenvalue weighted by Gasteiger charge is 2.00. The van der Waals surface area contributed by atoms with Crippen molar-refractivity contribution in [1.29, 1.82) is 0 Å². The normalized spacial score (nSPS) is 10.9. The molecule has 0 atom stereocenters. The standard InChI is InChI=1S/C13H10O2/c1-2-3-7-11-9-10-6-4-5-8-12(10)13(14)15-11/h2-9H,1H2/b7-3-. The number of rotatable bonds is 2. The molecule has 0 aliphatic rings. The van der Waals surface area contributed by atoms with E-state index in [-0.39, 0.29) is 5.63 Å². The molecule has 0 aliphatic heterocycles. The van der Waals surface area contributed by atoms with Gasteiger partial charge < -0.3 is 4.42 Å². The van der Waals surface area contributed by atoms with E-state index in [0.717, 1.165) is 5.39 Å². The molecule has 1 aromatic carbocycles. The highest BCUT2D eigenvalue weighted by molar-refractivity contribution is 5.82. The summed E-state index contributed by atoms with van der Waals surface area (Å²) in [6, 6.07) is 9.18. The van der Waals surface area contributed by atoms with Gasteiger partial charge in [-0.15, -0.1) is 0 Å². The van der Waals surface area contributed by atoms with Gasteiger partial charge in [-0.1, -0.05) is 36.9 Å². The summed E-state index contributed by atoms with van der Waals surface area (Å²) in [4.78, 5) is 11.5. The summed E-state index contributed by atoms with van der Waals surface area (Å²) >= 11 is 0. The van der Waals surface area contributed by atoms with Crippen LogP contribution in [0.15, 0.2) is 58.3 Å². The van der Waals surface area contributed by atoms with Crippen LogP contribution in [0.3, 0.4) is 0 Å². The fourth-order valence-corrected chi connectivity index (χ4v) is 1.40. The minimum atomic E-state index is -0.309. The molecular formula is C13H10O2. The van der Waals surface area contributed by atoms with Crippen molar-refractivity contribution in [3.63, 3.8) is 0 Å². The first-order chi connectivity index (χ1) is 7.31. The molecule has 0 amide bonds. The second-order valence-corrected chi connectivity index (χ2v) is 3.12. The van der Waals surface area contributed by atoms with Crippen LogP contribution < -0.4 is 5.63 Å². The summed E-state index contributed by atoms with van der Waals surface area (Å²) in [5.41, 5.74) is -0.309. The van der Waals surface area contributed by atoms with Gasteiger partial charge in [0.2, 0.25) is 0 Å². The molecule has 0 saturated heterocycles. The summed E-state index contributed by atoms with van der Waals surface area (Å²) in [5, 5.41) is 1.49. The lowest BCUT2D eigenvalue weighted by molar-refractivity contribution is 0.510. The van der Waals surface area contributed by atoms with Crippen molar-refractivity contribution in [2.24, 2.45) is 0 Å². The van der Waals surface area contributed by atoms with Crippen molar-refractivity contribution in [3.05, 3.63) is 65.2 Å². The summed E-state index contributed by atoms with van der Waals surface area (Å²) < 4.78 is 5.10. The molecule has 0 bridgehead atoms. The minimum Gasteiger partial charge on any atom is -0.423 e. The Morgan fingerprint density at radius 3 is 2.87 bits per heavy atom. The Hall–Kier alpha value is -2.09. The van der Waals surface area contributed by atoms with Gasteiger partial charge in [0, 0.05) is 0 Å². The van der Waals surface area contributed by atoms with Crippen molar-refractivity contribution >= 4 is 16.8 Å². The van der Waals surface area contributed by atoms with E-state index in [1.165, 1.54) is 0 Å². The molecule has 0 fully saturated rings. The molecule has 0 N–H and O–H groups in total. The van der Waals surface area contributed by atoms with E-state index in [4.69, 9.17) is 4.42 Å². The predicted octanol–water partition coefficient (Wildman–Crippen LogP) is 2.99. The Morgan fingerprint density at radius 1 is 1.27 bits per heavy atom. The molecule has 2 nitrogen and oxygen atoms in total. The van der Waals surface area contributed by atoms with Gasteiger partial charge in [-0.25, -0.2) is 4.79 Å². The smallest absolute Gasteiger partial charge is 0.344 e. The number of hydrogen-bond acceptors (Lipinski definition) is 2. The zero-order valence-corrected chi connectivity index (χ0v) is 8.14. The Bertz CT molecular complexity index is 576. The van der Waals surface area contributed by atoms with E-state index < -0.39 is 0 Å². The van der Waals surface area contributed by atoms with Gasteiger partial charge in [0.05, 0.1) is 5.39 Å². The van der Waals surface area contributed by atoms with Crippen molar-refractivity contribution in [2.75, 3.05) is 0 Å². The molecule has 74 valence electrons. The zero-order valence-electron chi connectivity index (χ0n) is 8.14. The fraction of sp³-hybridized carbons (Fsp3) is 0. The SMILES string of the molecule is C=C/C=C\c1cc2ccccc2c(=O)o1. The number of fused-ring (bicyclic) bond motifs is 1. The van der Waals surface area contributed by atoms with Gasteiger partial charge >= 0.3 is 5.63 Å². The summed E-state index contributed by atoms with van der Waals surface area (Å²) in [6.45, 7) is 3.55. The van der Waals surface area contributed by atoms with Gasteiger partial charge in [-0.05, 0) is 23.6 Å². The quantitative estimate of drug-likeness (QED) is 0.694. The monoisotopic (exact) mass is 198 g/mol. The third kappa shape index (κ3) is 1.89. The molecule has 0 radical (unpaired) electrons. The van der Waals surface area contributed by atoms with Gasteiger partial charge in [0.15, 0.2) is 0 Å². The molecule has 0 unspecified atom stereocenters. The first-order valence-electron chi connectivity index (χ1n) is 4.63. The Labute approximate surface area is 87.2 Å². The average Bonchev–Trinajstić information content (AvgIpc) is 2.26. The number of benzene rings is 1. The summed E-state index contributed by atoms with van der Waals surface area (Å²) in [5.74, 6) is 0.540. The largest absolute Gasteiger partial charge is 0.423 e. The Kier molecular flexibility index (Phi) is 2.50. The van der Waals surface area contributed by atoms with E-state index in [1.54, 1.807) is 24.3 Å². The van der Waals surface area contributed by atoms with Gasteiger partial charge in [-0.2, -0.15) is 0 Å². The second-order valence-electron chi connectivity index (χ2n) is 3.12. The van der Waals surface area contributed by atoms with Crippen molar-refractivity contribution < 1.29 is 4.42 Å². The highest BCUT2D eigenvalue weighted by atomic mass is 16.4. The van der Waals surface area contributed by atoms with Crippen molar-refractivity contribution in [2.45, 2.75) is 0 Å². The molecule has 1 heterocycles. The summed E-state index contributed by atoms with van der Waals surface area (Å²) in [7, 11) is 0. The first-order valence-corrected chi connectivity index (χ1v) is 4.63. The summed E-state index contributed by atoms with van der Waals surface area (Å²) in [6.07, 6.45) is 5.07. The lowest BCUT2D eigenvalue weighted by Crippen LogP contribution is -1.99. The van der Waals surface area contributed by atoms with Crippen LogP contribution in [0.4, 0.5) is 0 Å². The van der Waals surface area contributed by atoms with Crippen LogP contribution in [0.25, 0.3) is 16.8 Å². The molecule has 1 aromatic heterocycles. The third-order valence-corrected chi connectivity index (χ3v) is 2.09. The first kappa shape index (κ1) is 9.46. The van der Waals surface area contributed by atoms with Crippen LogP contribution in [-0.4, -0.2) is 0 Å². The average molecular weight is 198 g/mol. The molecule has 2 aromatic rings. The predicted molar refractivity (Wildman–Crippen MR) is 61.7 cm³/mol. The van der Waals surface area contributed by atoms with Crippen molar-refractivity contribution in [3.8, 4) is 0 Å². The van der Waals surface area contributed by atoms with Crippen LogP contribution in [0.1, 0.15) is 5.76 Å². The topological polar surface area (TPSA) is 30.2 Å². The molecule has 0 spiro atoms. The Morgan fingerprint density at radius 2 is 2.07 bits per heavy atom. The Balaban J connectivity index is 2.67. The molecule has 2 rings (SSSR count). The fourth-order valence-electron chi connectivity index (χ4n) is 1.40. The molecule has 0 saturated carbocycles. The van der Waals surface area contributed by atoms with E-state index >= 15 is 0 Å². The molecular weight excluding hydrogens is 188 g/mol. The highest BCUT2D eigenvalue weighted by Crippen LogP contribution is 2.12. The van der Waals surface area contributed by atoms with Crippen LogP contribution in [0, 0.1) is 0 Å². The number of allylic oxidation sites excluding steroid dienone is 2. The van der Waals surface area contributed by atoms with Crippen LogP contribution in [-0.2, 0) is 0 Å².